The maximum atomic E-state index is 11.8. The summed E-state index contributed by atoms with van der Waals surface area (Å²) < 4.78 is 0. The summed E-state index contributed by atoms with van der Waals surface area (Å²) in [6.07, 6.45) is 4.82. The Hall–Kier alpha value is -2.56. The number of carbonyl (C=O) groups excluding carboxylic acids is 1. The molecule has 1 aliphatic heterocycles. The van der Waals surface area contributed by atoms with Crippen molar-refractivity contribution in [1.82, 2.24) is 0 Å². The first kappa shape index (κ1) is 10.6. The molecule has 0 bridgehead atoms. The molecule has 1 aromatic carbocycles. The maximum absolute atomic E-state index is 11.8. The summed E-state index contributed by atoms with van der Waals surface area (Å²) in [5.41, 5.74) is 2.09. The monoisotopic (exact) mass is 240 g/mol. The zero-order chi connectivity index (χ0) is 12.7. The fraction of sp³-hybridized carbons (Fsp3) is 0.0769. The van der Waals surface area contributed by atoms with E-state index in [1.54, 1.807) is 36.4 Å². The van der Waals surface area contributed by atoms with E-state index in [4.69, 9.17) is 0 Å². The van der Waals surface area contributed by atoms with Crippen molar-refractivity contribution >= 4 is 17.2 Å². The number of carbonyl (C=O) groups is 1. The molecule has 0 aromatic heterocycles. The predicted octanol–water partition coefficient (Wildman–Crippen LogP) is 1.88. The lowest BCUT2D eigenvalue weighted by atomic mass is 9.87. The van der Waals surface area contributed by atoms with Crippen molar-refractivity contribution in [3.8, 4) is 0 Å². The number of nitrogens with zero attached hydrogens (tertiary/aromatic N) is 2. The number of rotatable bonds is 1. The number of benzene rings is 1. The molecule has 0 fully saturated rings. The van der Waals surface area contributed by atoms with Crippen molar-refractivity contribution in [3.05, 3.63) is 63.7 Å². The first-order chi connectivity index (χ1) is 8.68. The molecule has 1 unspecified atom stereocenters. The third kappa shape index (κ3) is 1.41. The van der Waals surface area contributed by atoms with Gasteiger partial charge in [-0.15, -0.1) is 0 Å². The number of nitro groups is 1. The molecule has 0 N–H and O–H groups in total. The molecule has 0 radical (unpaired) electrons. The summed E-state index contributed by atoms with van der Waals surface area (Å²) in [7, 11) is 0. The van der Waals surface area contributed by atoms with Gasteiger partial charge in [0.15, 0.2) is 0 Å². The van der Waals surface area contributed by atoms with Crippen LogP contribution < -0.4 is 0 Å². The third-order valence-corrected chi connectivity index (χ3v) is 3.01. The Labute approximate surface area is 102 Å². The average molecular weight is 240 g/mol. The minimum Gasteiger partial charge on any atom is -0.267 e. The molecule has 1 amide bonds. The Morgan fingerprint density at radius 2 is 1.94 bits per heavy atom. The van der Waals surface area contributed by atoms with Gasteiger partial charge in [0.05, 0.1) is 0 Å². The van der Waals surface area contributed by atoms with Gasteiger partial charge in [-0.05, 0) is 17.7 Å². The van der Waals surface area contributed by atoms with Crippen molar-refractivity contribution in [3.63, 3.8) is 0 Å². The van der Waals surface area contributed by atoms with Crippen LogP contribution in [0.5, 0.6) is 0 Å². The van der Waals surface area contributed by atoms with Gasteiger partial charge in [0, 0.05) is 16.1 Å². The molecule has 1 atom stereocenters. The lowest BCUT2D eigenvalue weighted by Crippen LogP contribution is -2.33. The van der Waals surface area contributed by atoms with Crippen LogP contribution >= 0.6 is 0 Å². The molecule has 0 saturated carbocycles. The van der Waals surface area contributed by atoms with E-state index in [-0.39, 0.29) is 5.71 Å². The SMILES string of the molecule is O=C1N=C2C(=CC=CC2[N+](=O)[O-])c2ccccc21. The Kier molecular flexibility index (Phi) is 2.19. The summed E-state index contributed by atoms with van der Waals surface area (Å²) in [5, 5.41) is 11.0. The topological polar surface area (TPSA) is 72.6 Å². The van der Waals surface area contributed by atoms with Crippen molar-refractivity contribution < 1.29 is 9.72 Å². The van der Waals surface area contributed by atoms with Crippen LogP contribution in [0.3, 0.4) is 0 Å². The second kappa shape index (κ2) is 3.73. The van der Waals surface area contributed by atoms with Crippen LogP contribution in [0.2, 0.25) is 0 Å². The zero-order valence-electron chi connectivity index (χ0n) is 9.24. The minimum atomic E-state index is -1.04. The third-order valence-electron chi connectivity index (χ3n) is 3.01. The quantitative estimate of drug-likeness (QED) is 0.555. The van der Waals surface area contributed by atoms with E-state index in [2.05, 4.69) is 4.99 Å². The zero-order valence-corrected chi connectivity index (χ0v) is 9.24. The second-order valence-corrected chi connectivity index (χ2v) is 4.04. The molecule has 5 heteroatoms. The van der Waals surface area contributed by atoms with E-state index in [0.29, 0.717) is 16.7 Å². The highest BCUT2D eigenvalue weighted by atomic mass is 16.6. The van der Waals surface area contributed by atoms with Crippen LogP contribution in [0, 0.1) is 10.1 Å². The molecular weight excluding hydrogens is 232 g/mol. The summed E-state index contributed by atoms with van der Waals surface area (Å²) >= 11 is 0. The average Bonchev–Trinajstić information content (AvgIpc) is 2.38. The van der Waals surface area contributed by atoms with Crippen LogP contribution in [0.25, 0.3) is 5.57 Å². The largest absolute Gasteiger partial charge is 0.278 e. The van der Waals surface area contributed by atoms with E-state index in [1.807, 2.05) is 0 Å². The Bertz CT molecular complexity index is 656. The van der Waals surface area contributed by atoms with Gasteiger partial charge in [0.2, 0.25) is 0 Å². The highest BCUT2D eigenvalue weighted by Gasteiger charge is 2.35. The maximum Gasteiger partial charge on any atom is 0.278 e. The van der Waals surface area contributed by atoms with Gasteiger partial charge in [0.25, 0.3) is 11.9 Å². The fourth-order valence-corrected chi connectivity index (χ4v) is 2.19. The molecule has 1 aromatic rings. The van der Waals surface area contributed by atoms with Crippen LogP contribution in [0.1, 0.15) is 15.9 Å². The number of hydrogen-bond acceptors (Lipinski definition) is 3. The number of hydrogen-bond donors (Lipinski definition) is 0. The predicted molar refractivity (Wildman–Crippen MR) is 66.1 cm³/mol. The van der Waals surface area contributed by atoms with Gasteiger partial charge in [-0.2, -0.15) is 0 Å². The van der Waals surface area contributed by atoms with Gasteiger partial charge in [0.1, 0.15) is 5.71 Å². The lowest BCUT2D eigenvalue weighted by Gasteiger charge is -2.21. The van der Waals surface area contributed by atoms with Crippen molar-refractivity contribution in [2.75, 3.05) is 0 Å². The van der Waals surface area contributed by atoms with Gasteiger partial charge in [-0.3, -0.25) is 14.9 Å². The first-order valence-corrected chi connectivity index (χ1v) is 5.43. The van der Waals surface area contributed by atoms with E-state index in [9.17, 15) is 14.9 Å². The van der Waals surface area contributed by atoms with Gasteiger partial charge in [-0.1, -0.05) is 30.4 Å². The van der Waals surface area contributed by atoms with E-state index >= 15 is 0 Å². The highest BCUT2D eigenvalue weighted by Crippen LogP contribution is 2.30. The number of amides is 1. The molecule has 5 nitrogen and oxygen atoms in total. The standard InChI is InChI=1S/C13H8N2O3/c16-13-10-5-2-1-4-8(10)9-6-3-7-11(15(17)18)12(9)14-13/h1-7,11H. The molecule has 0 saturated heterocycles. The van der Waals surface area contributed by atoms with Crippen LogP contribution in [0.15, 0.2) is 47.5 Å². The van der Waals surface area contributed by atoms with Crippen LogP contribution in [-0.4, -0.2) is 22.6 Å². The van der Waals surface area contributed by atoms with E-state index < -0.39 is 16.9 Å². The Balaban J connectivity index is 2.22. The number of fused-ring (bicyclic) bond motifs is 3. The van der Waals surface area contributed by atoms with Crippen LogP contribution in [-0.2, 0) is 0 Å². The molecule has 88 valence electrons. The Morgan fingerprint density at radius 3 is 2.67 bits per heavy atom. The number of aliphatic imine (C=N–C) groups is 1. The van der Waals surface area contributed by atoms with E-state index in [1.165, 1.54) is 6.08 Å². The molecular formula is C13H8N2O3. The molecule has 3 rings (SSSR count). The summed E-state index contributed by atoms with van der Waals surface area (Å²) in [6.45, 7) is 0. The van der Waals surface area contributed by atoms with Crippen molar-refractivity contribution in [2.24, 2.45) is 4.99 Å². The van der Waals surface area contributed by atoms with Gasteiger partial charge in [-0.25, -0.2) is 4.99 Å². The van der Waals surface area contributed by atoms with Gasteiger partial charge >= 0.3 is 0 Å². The molecule has 2 aliphatic rings. The summed E-state index contributed by atoms with van der Waals surface area (Å²) in [6, 6.07) is 5.97. The lowest BCUT2D eigenvalue weighted by molar-refractivity contribution is -0.490. The number of allylic oxidation sites excluding steroid dienone is 2. The minimum absolute atomic E-state index is 0.228. The summed E-state index contributed by atoms with van der Waals surface area (Å²) in [4.78, 5) is 26.2. The first-order valence-electron chi connectivity index (χ1n) is 5.43. The van der Waals surface area contributed by atoms with Gasteiger partial charge < -0.3 is 0 Å². The van der Waals surface area contributed by atoms with Crippen molar-refractivity contribution in [1.29, 1.82) is 0 Å². The smallest absolute Gasteiger partial charge is 0.267 e. The second-order valence-electron chi connectivity index (χ2n) is 4.04. The molecule has 1 heterocycles. The normalized spacial score (nSPS) is 20.7. The molecule has 18 heavy (non-hydrogen) atoms. The highest BCUT2D eigenvalue weighted by molar-refractivity contribution is 6.34. The van der Waals surface area contributed by atoms with E-state index in [0.717, 1.165) is 0 Å². The molecule has 1 aliphatic carbocycles. The Morgan fingerprint density at radius 1 is 1.22 bits per heavy atom. The van der Waals surface area contributed by atoms with Crippen molar-refractivity contribution in [2.45, 2.75) is 6.04 Å². The fourth-order valence-electron chi connectivity index (χ4n) is 2.19. The summed E-state index contributed by atoms with van der Waals surface area (Å²) in [5.74, 6) is -0.417. The van der Waals surface area contributed by atoms with Crippen LogP contribution in [0.4, 0.5) is 0 Å². The molecule has 0 spiro atoms.